The van der Waals surface area contributed by atoms with Gasteiger partial charge in [-0.3, -0.25) is 4.79 Å². The maximum Gasteiger partial charge on any atom is 0.236 e. The fourth-order valence-electron chi connectivity index (χ4n) is 3.94. The Kier molecular flexibility index (Phi) is 3.62. The number of hydrogen-bond acceptors (Lipinski definition) is 5. The number of nitrogens with one attached hydrogen (secondary N) is 1. The summed E-state index contributed by atoms with van der Waals surface area (Å²) in [6.45, 7) is 0.222. The molecule has 1 aliphatic heterocycles. The molecule has 2 aliphatic rings. The van der Waals surface area contributed by atoms with Crippen LogP contribution in [0.25, 0.3) is 22.3 Å². The van der Waals surface area contributed by atoms with Crippen molar-refractivity contribution in [1.29, 1.82) is 0 Å². The number of carbonyl (C=O) groups excluding carboxylic acids is 1. The first kappa shape index (κ1) is 17.1. The molecule has 0 unspecified atom stereocenters. The molecule has 0 atom stereocenters. The number of rotatable bonds is 4. The highest BCUT2D eigenvalue weighted by Crippen LogP contribution is 2.51. The number of nitrogens with zero attached hydrogens (tertiary/aromatic N) is 1. The standard InChI is InChI=1S/C24H18N2O4.H2/c27-23(24(9-10-24)17-6-7-19-21(12-17)29-14-28-19)26-22-8-5-16(13-25-22)20-11-15-3-1-2-4-18(15)30-20;/h1-8,11-13H,9-10,14H2,(H,25,26,27);1H. The molecule has 3 heterocycles. The molecule has 6 nitrogen and oxygen atoms in total. The second kappa shape index (κ2) is 6.35. The van der Waals surface area contributed by atoms with Crippen LogP contribution in [0.5, 0.6) is 11.5 Å². The summed E-state index contributed by atoms with van der Waals surface area (Å²) in [7, 11) is 0. The Hall–Kier alpha value is -3.80. The number of para-hydroxylation sites is 1. The molecular formula is C24H20N2O4. The summed E-state index contributed by atoms with van der Waals surface area (Å²) in [5.74, 6) is 2.63. The summed E-state index contributed by atoms with van der Waals surface area (Å²) >= 11 is 0. The summed E-state index contributed by atoms with van der Waals surface area (Å²) in [5, 5.41) is 4.01. The Labute approximate surface area is 173 Å². The van der Waals surface area contributed by atoms with Crippen LogP contribution >= 0.6 is 0 Å². The third-order valence-electron chi connectivity index (χ3n) is 5.82. The molecule has 1 saturated carbocycles. The number of fused-ring (bicyclic) bond motifs is 2. The van der Waals surface area contributed by atoms with Crippen LogP contribution in [-0.4, -0.2) is 17.7 Å². The van der Waals surface area contributed by atoms with E-state index >= 15 is 0 Å². The predicted molar refractivity (Wildman–Crippen MR) is 114 cm³/mol. The van der Waals surface area contributed by atoms with E-state index in [0.717, 1.165) is 46.4 Å². The van der Waals surface area contributed by atoms with Gasteiger partial charge in [0.05, 0.1) is 5.41 Å². The minimum Gasteiger partial charge on any atom is -0.456 e. The molecule has 1 N–H and O–H groups in total. The van der Waals surface area contributed by atoms with Crippen LogP contribution in [-0.2, 0) is 10.2 Å². The first-order chi connectivity index (χ1) is 14.7. The van der Waals surface area contributed by atoms with E-state index in [-0.39, 0.29) is 14.1 Å². The van der Waals surface area contributed by atoms with Gasteiger partial charge in [-0.05, 0) is 54.8 Å². The van der Waals surface area contributed by atoms with Crippen LogP contribution in [0.4, 0.5) is 5.82 Å². The van der Waals surface area contributed by atoms with Gasteiger partial charge in [0.25, 0.3) is 0 Å². The molecule has 150 valence electrons. The second-order valence-electron chi connectivity index (χ2n) is 7.68. The second-order valence-corrected chi connectivity index (χ2v) is 7.68. The summed E-state index contributed by atoms with van der Waals surface area (Å²) in [6.07, 6.45) is 3.32. The van der Waals surface area contributed by atoms with Crippen molar-refractivity contribution < 1.29 is 20.1 Å². The van der Waals surface area contributed by atoms with Crippen molar-refractivity contribution in [1.82, 2.24) is 4.98 Å². The van der Waals surface area contributed by atoms with Crippen molar-refractivity contribution >= 4 is 22.7 Å². The van der Waals surface area contributed by atoms with Gasteiger partial charge in [0.15, 0.2) is 11.5 Å². The van der Waals surface area contributed by atoms with E-state index in [9.17, 15) is 4.79 Å². The smallest absolute Gasteiger partial charge is 0.236 e. The van der Waals surface area contributed by atoms with Gasteiger partial charge in [-0.2, -0.15) is 0 Å². The van der Waals surface area contributed by atoms with E-state index in [1.54, 1.807) is 12.3 Å². The SMILES string of the molecule is O=C(Nc1ccc(-c2cc3ccccc3o2)cn1)C1(c2ccc3c(c2)OCO3)CC1.[HH]. The van der Waals surface area contributed by atoms with Crippen molar-refractivity contribution in [2.45, 2.75) is 18.3 Å². The van der Waals surface area contributed by atoms with E-state index in [2.05, 4.69) is 10.3 Å². The molecule has 4 aromatic rings. The first-order valence-corrected chi connectivity index (χ1v) is 9.88. The van der Waals surface area contributed by atoms with Crippen molar-refractivity contribution in [3.63, 3.8) is 0 Å². The molecule has 2 aromatic carbocycles. The molecule has 1 aliphatic carbocycles. The van der Waals surface area contributed by atoms with Crippen molar-refractivity contribution in [2.75, 3.05) is 12.1 Å². The van der Waals surface area contributed by atoms with Gasteiger partial charge < -0.3 is 19.2 Å². The van der Waals surface area contributed by atoms with Gasteiger partial charge in [0, 0.05) is 18.6 Å². The van der Waals surface area contributed by atoms with Crippen LogP contribution in [0.15, 0.2) is 71.3 Å². The Morgan fingerprint density at radius 3 is 2.67 bits per heavy atom. The molecule has 0 saturated heterocycles. The predicted octanol–water partition coefficient (Wildman–Crippen LogP) is 5.14. The highest BCUT2D eigenvalue weighted by Gasteiger charge is 2.51. The largest absolute Gasteiger partial charge is 0.456 e. The van der Waals surface area contributed by atoms with Gasteiger partial charge >= 0.3 is 0 Å². The molecular weight excluding hydrogens is 380 g/mol. The average Bonchev–Trinajstić information content (AvgIpc) is 3.26. The quantitative estimate of drug-likeness (QED) is 0.513. The van der Waals surface area contributed by atoms with E-state index < -0.39 is 5.41 Å². The fourth-order valence-corrected chi connectivity index (χ4v) is 3.94. The van der Waals surface area contributed by atoms with Crippen LogP contribution in [0, 0.1) is 0 Å². The number of aromatic nitrogens is 1. The highest BCUT2D eigenvalue weighted by atomic mass is 16.7. The monoisotopic (exact) mass is 400 g/mol. The van der Waals surface area contributed by atoms with Crippen molar-refractivity contribution in [3.05, 3.63) is 72.4 Å². The number of anilines is 1. The lowest BCUT2D eigenvalue weighted by Gasteiger charge is -2.16. The highest BCUT2D eigenvalue weighted by molar-refractivity contribution is 6.01. The molecule has 6 heteroatoms. The molecule has 1 fully saturated rings. The van der Waals surface area contributed by atoms with Crippen LogP contribution in [0.3, 0.4) is 0 Å². The minimum atomic E-state index is -0.528. The zero-order valence-corrected chi connectivity index (χ0v) is 16.1. The van der Waals surface area contributed by atoms with Crippen LogP contribution in [0.1, 0.15) is 19.8 Å². The van der Waals surface area contributed by atoms with E-state index in [1.165, 1.54) is 0 Å². The van der Waals surface area contributed by atoms with Crippen molar-refractivity contribution in [3.8, 4) is 22.8 Å². The van der Waals surface area contributed by atoms with Crippen molar-refractivity contribution in [2.24, 2.45) is 0 Å². The lowest BCUT2D eigenvalue weighted by atomic mass is 9.94. The van der Waals surface area contributed by atoms with Gasteiger partial charge in [-0.15, -0.1) is 0 Å². The Balaban J connectivity index is 0.00000204. The zero-order valence-electron chi connectivity index (χ0n) is 16.1. The molecule has 0 bridgehead atoms. The summed E-state index contributed by atoms with van der Waals surface area (Å²) in [5.41, 5.74) is 2.12. The maximum atomic E-state index is 13.0. The first-order valence-electron chi connectivity index (χ1n) is 9.88. The van der Waals surface area contributed by atoms with Gasteiger partial charge in [-0.25, -0.2) is 4.98 Å². The van der Waals surface area contributed by atoms with E-state index in [0.29, 0.717) is 11.6 Å². The summed E-state index contributed by atoms with van der Waals surface area (Å²) < 4.78 is 16.7. The Morgan fingerprint density at radius 2 is 1.87 bits per heavy atom. The number of pyridine rings is 1. The summed E-state index contributed by atoms with van der Waals surface area (Å²) in [4.78, 5) is 17.4. The van der Waals surface area contributed by atoms with Crippen LogP contribution in [0.2, 0.25) is 0 Å². The number of hydrogen-bond donors (Lipinski definition) is 1. The topological polar surface area (TPSA) is 73.6 Å². The molecule has 2 aromatic heterocycles. The van der Waals surface area contributed by atoms with Gasteiger partial charge in [0.2, 0.25) is 12.7 Å². The number of carbonyl (C=O) groups is 1. The Morgan fingerprint density at radius 1 is 1.00 bits per heavy atom. The number of amides is 1. The average molecular weight is 400 g/mol. The minimum absolute atomic E-state index is 0. The lowest BCUT2D eigenvalue weighted by molar-refractivity contribution is -0.118. The lowest BCUT2D eigenvalue weighted by Crippen LogP contribution is -2.28. The number of ether oxygens (including phenoxy) is 2. The normalized spacial score (nSPS) is 15.9. The maximum absolute atomic E-state index is 13.0. The summed E-state index contributed by atoms with van der Waals surface area (Å²) in [6, 6.07) is 19.3. The number of furan rings is 1. The van der Waals surface area contributed by atoms with Gasteiger partial charge in [-0.1, -0.05) is 24.3 Å². The molecule has 0 radical (unpaired) electrons. The third kappa shape index (κ3) is 2.72. The molecule has 0 spiro atoms. The molecule has 6 rings (SSSR count). The Bertz CT molecular complexity index is 1250. The fraction of sp³-hybridized carbons (Fsp3) is 0.167. The van der Waals surface area contributed by atoms with Gasteiger partial charge in [0.1, 0.15) is 17.2 Å². The third-order valence-corrected chi connectivity index (χ3v) is 5.82. The number of benzene rings is 2. The zero-order chi connectivity index (χ0) is 20.1. The molecule has 30 heavy (non-hydrogen) atoms. The van der Waals surface area contributed by atoms with Crippen LogP contribution < -0.4 is 14.8 Å². The molecule has 1 amide bonds. The van der Waals surface area contributed by atoms with E-state index in [1.807, 2.05) is 54.6 Å². The van der Waals surface area contributed by atoms with E-state index in [4.69, 9.17) is 13.9 Å².